The molecule has 9 aromatic carbocycles. The van der Waals surface area contributed by atoms with Gasteiger partial charge in [0.2, 0.25) is 0 Å². The molecule has 0 saturated heterocycles. The van der Waals surface area contributed by atoms with Crippen LogP contribution in [0.2, 0.25) is 0 Å². The predicted octanol–water partition coefficient (Wildman–Crippen LogP) is 19.8. The SMILES string of the molecule is CC(C)(C)c1cc(-c2ccccc2)cc(-c2cccc3c4ccccc4c4ccccc4c4cccc5c4n(c23)CN5c2cccc(Oc3ccc4c5cc(C(C)(C)C)ccc5n(-c5cc(C(C)(C)C)ccn5)c4c3)c2)c1. The predicted molar refractivity (Wildman–Crippen MR) is 326 cm³/mol. The van der Waals surface area contributed by atoms with Gasteiger partial charge >= 0.3 is 0 Å². The maximum absolute atomic E-state index is 6.99. The number of fused-ring (bicyclic) bond motifs is 10. The summed E-state index contributed by atoms with van der Waals surface area (Å²) in [6.45, 7) is 21.1. The van der Waals surface area contributed by atoms with Crippen molar-refractivity contribution in [3.8, 4) is 39.6 Å². The molecule has 378 valence electrons. The first-order chi connectivity index (χ1) is 37.1. The van der Waals surface area contributed by atoms with E-state index < -0.39 is 0 Å². The molecule has 0 amide bonds. The van der Waals surface area contributed by atoms with Gasteiger partial charge in [0, 0.05) is 51.1 Å². The highest BCUT2D eigenvalue weighted by atomic mass is 16.5. The van der Waals surface area contributed by atoms with Crippen molar-refractivity contribution in [1.82, 2.24) is 14.1 Å². The van der Waals surface area contributed by atoms with E-state index in [-0.39, 0.29) is 16.2 Å². The van der Waals surface area contributed by atoms with Crippen LogP contribution in [0.25, 0.3) is 93.2 Å². The first-order valence-electron chi connectivity index (χ1n) is 27.1. The summed E-state index contributed by atoms with van der Waals surface area (Å²) >= 11 is 0. The number of aromatic nitrogens is 3. The Hall–Kier alpha value is -8.67. The summed E-state index contributed by atoms with van der Waals surface area (Å²) in [6, 6.07) is 76.1. The molecule has 0 N–H and O–H groups in total. The molecule has 77 heavy (non-hydrogen) atoms. The number of hydrogen-bond acceptors (Lipinski definition) is 3. The topological polar surface area (TPSA) is 35.2 Å². The smallest absolute Gasteiger partial charge is 0.137 e. The third-order valence-corrected chi connectivity index (χ3v) is 15.9. The van der Waals surface area contributed by atoms with Crippen molar-refractivity contribution < 1.29 is 4.74 Å². The van der Waals surface area contributed by atoms with Crippen molar-refractivity contribution in [2.45, 2.75) is 85.2 Å². The minimum absolute atomic E-state index is 0.00272. The Morgan fingerprint density at radius 2 is 0.987 bits per heavy atom. The van der Waals surface area contributed by atoms with Crippen LogP contribution in [0, 0.1) is 0 Å². The van der Waals surface area contributed by atoms with E-state index in [9.17, 15) is 0 Å². The number of nitrogens with zero attached hydrogens (tertiary/aromatic N) is 4. The molecule has 3 aromatic heterocycles. The zero-order valence-corrected chi connectivity index (χ0v) is 45.6. The lowest BCUT2D eigenvalue weighted by molar-refractivity contribution is 0.483. The molecule has 4 heterocycles. The van der Waals surface area contributed by atoms with Gasteiger partial charge in [-0.3, -0.25) is 4.57 Å². The van der Waals surface area contributed by atoms with Gasteiger partial charge in [-0.05, 0) is 132 Å². The zero-order chi connectivity index (χ0) is 53.0. The summed E-state index contributed by atoms with van der Waals surface area (Å²) in [6.07, 6.45) is 1.94. The van der Waals surface area contributed by atoms with Gasteiger partial charge in [-0.1, -0.05) is 196 Å². The van der Waals surface area contributed by atoms with E-state index in [1.54, 1.807) is 0 Å². The van der Waals surface area contributed by atoms with Gasteiger partial charge < -0.3 is 14.2 Å². The summed E-state index contributed by atoms with van der Waals surface area (Å²) in [7, 11) is 0. The second-order valence-electron chi connectivity index (χ2n) is 24.1. The summed E-state index contributed by atoms with van der Waals surface area (Å²) in [4.78, 5) is 7.46. The molecule has 12 aromatic rings. The van der Waals surface area contributed by atoms with Crippen molar-refractivity contribution in [2.24, 2.45) is 0 Å². The molecular formula is C72H64N4O. The fourth-order valence-electron chi connectivity index (χ4n) is 11.8. The fraction of sp³-hybridized carbons (Fsp3) is 0.181. The fourth-order valence-corrected chi connectivity index (χ4v) is 11.8. The van der Waals surface area contributed by atoms with Crippen molar-refractivity contribution >= 4 is 76.5 Å². The molecule has 13 rings (SSSR count). The third-order valence-electron chi connectivity index (χ3n) is 15.9. The Balaban J connectivity index is 1.000. The lowest BCUT2D eigenvalue weighted by Crippen LogP contribution is -2.15. The second kappa shape index (κ2) is 18.0. The molecule has 5 nitrogen and oxygen atoms in total. The quantitative estimate of drug-likeness (QED) is 0.166. The summed E-state index contributed by atoms with van der Waals surface area (Å²) in [5.41, 5.74) is 15.2. The highest BCUT2D eigenvalue weighted by Gasteiger charge is 2.27. The average Bonchev–Trinajstić information content (AvgIpc) is 4.11. The Morgan fingerprint density at radius 1 is 0.390 bits per heavy atom. The summed E-state index contributed by atoms with van der Waals surface area (Å²) in [5, 5.41) is 9.61. The van der Waals surface area contributed by atoms with E-state index in [0.717, 1.165) is 45.1 Å². The molecule has 0 saturated carbocycles. The zero-order valence-electron chi connectivity index (χ0n) is 45.6. The standard InChI is InChI=1S/C72H64N4O/c1-70(2,3)49-32-35-64-63(41-49)60-34-33-54(44-66(60)76(64)67-42-50(36-37-73-67)71(4,5)6)77-53-23-17-22-52(43-53)74-45-75-68-55(48-38-47(46-20-11-10-12-21-46)39-51(40-48)72(7,8)9)28-18-29-61(68)58-26-15-13-24-56(58)57-25-14-16-27-59(57)62-30-19-31-65(74)69(62)75/h10-44H,45H2,1-9H3. The van der Waals surface area contributed by atoms with Crippen molar-refractivity contribution in [3.63, 3.8) is 0 Å². The van der Waals surface area contributed by atoms with Crippen LogP contribution < -0.4 is 9.64 Å². The Bertz CT molecular complexity index is 4400. The van der Waals surface area contributed by atoms with Crippen LogP contribution in [0.4, 0.5) is 11.4 Å². The molecular weight excluding hydrogens is 937 g/mol. The van der Waals surface area contributed by atoms with E-state index in [2.05, 4.69) is 283 Å². The summed E-state index contributed by atoms with van der Waals surface area (Å²) in [5.74, 6) is 2.42. The van der Waals surface area contributed by atoms with Crippen LogP contribution in [0.3, 0.4) is 0 Å². The molecule has 0 radical (unpaired) electrons. The minimum Gasteiger partial charge on any atom is -0.457 e. The van der Waals surface area contributed by atoms with E-state index >= 15 is 0 Å². The second-order valence-corrected chi connectivity index (χ2v) is 24.1. The van der Waals surface area contributed by atoms with Crippen molar-refractivity contribution in [3.05, 3.63) is 229 Å². The first kappa shape index (κ1) is 48.0. The molecule has 0 fully saturated rings. The monoisotopic (exact) mass is 1000 g/mol. The highest BCUT2D eigenvalue weighted by molar-refractivity contribution is 6.22. The third kappa shape index (κ3) is 8.37. The molecule has 0 aliphatic carbocycles. The molecule has 1 aliphatic rings. The maximum atomic E-state index is 6.99. The molecule has 0 unspecified atom stereocenters. The van der Waals surface area contributed by atoms with E-state index in [0.29, 0.717) is 6.67 Å². The van der Waals surface area contributed by atoms with Crippen molar-refractivity contribution in [2.75, 3.05) is 4.90 Å². The van der Waals surface area contributed by atoms with E-state index in [4.69, 9.17) is 9.72 Å². The lowest BCUT2D eigenvalue weighted by atomic mass is 9.83. The van der Waals surface area contributed by atoms with Crippen molar-refractivity contribution in [1.29, 1.82) is 0 Å². The van der Waals surface area contributed by atoms with Gasteiger partial charge in [-0.2, -0.15) is 0 Å². The van der Waals surface area contributed by atoms with Gasteiger partial charge in [0.1, 0.15) is 24.0 Å². The van der Waals surface area contributed by atoms with E-state index in [1.807, 2.05) is 6.20 Å². The number of pyridine rings is 1. The highest BCUT2D eigenvalue weighted by Crippen LogP contribution is 2.46. The number of para-hydroxylation sites is 2. The van der Waals surface area contributed by atoms with Gasteiger partial charge in [0.25, 0.3) is 0 Å². The minimum atomic E-state index is -0.0820. The maximum Gasteiger partial charge on any atom is 0.137 e. The molecule has 0 atom stereocenters. The van der Waals surface area contributed by atoms with Crippen LogP contribution in [-0.4, -0.2) is 14.1 Å². The van der Waals surface area contributed by atoms with Crippen LogP contribution in [0.15, 0.2) is 212 Å². The largest absolute Gasteiger partial charge is 0.457 e. The Kier molecular flexibility index (Phi) is 11.2. The van der Waals surface area contributed by atoms with Gasteiger partial charge in [-0.15, -0.1) is 0 Å². The lowest BCUT2D eigenvalue weighted by Gasteiger charge is -2.23. The van der Waals surface area contributed by atoms with Crippen LogP contribution in [0.1, 0.15) is 79.0 Å². The molecule has 0 spiro atoms. The number of hydrogen-bond donors (Lipinski definition) is 0. The van der Waals surface area contributed by atoms with E-state index in [1.165, 1.54) is 87.7 Å². The van der Waals surface area contributed by atoms with Crippen LogP contribution >= 0.6 is 0 Å². The Morgan fingerprint density at radius 3 is 1.69 bits per heavy atom. The number of anilines is 2. The van der Waals surface area contributed by atoms with Gasteiger partial charge in [0.15, 0.2) is 0 Å². The summed E-state index contributed by atoms with van der Waals surface area (Å²) < 4.78 is 11.9. The normalized spacial score (nSPS) is 12.9. The number of rotatable bonds is 6. The van der Waals surface area contributed by atoms with Crippen LogP contribution in [-0.2, 0) is 22.9 Å². The molecule has 5 heteroatoms. The number of ether oxygens (including phenoxy) is 1. The van der Waals surface area contributed by atoms with Crippen LogP contribution in [0.5, 0.6) is 11.5 Å². The van der Waals surface area contributed by atoms with Gasteiger partial charge in [0.05, 0.1) is 27.8 Å². The molecule has 0 bridgehead atoms. The molecule has 1 aliphatic heterocycles. The number of benzene rings is 9. The Labute approximate surface area is 452 Å². The first-order valence-corrected chi connectivity index (χ1v) is 27.1. The van der Waals surface area contributed by atoms with Gasteiger partial charge in [-0.25, -0.2) is 4.98 Å². The average molecular weight is 1000 g/mol.